The lowest BCUT2D eigenvalue weighted by Gasteiger charge is -2.19. The molecule has 16 heavy (non-hydrogen) atoms. The van der Waals surface area contributed by atoms with Crippen LogP contribution in [-0.4, -0.2) is 20.8 Å². The van der Waals surface area contributed by atoms with E-state index in [9.17, 15) is 0 Å². The maximum Gasteiger partial charge on any atom is 0.174 e. The normalized spacial score (nSPS) is 13.3. The molecule has 0 fully saturated rings. The number of nitrogens with zero attached hydrogens (tertiary/aromatic N) is 3. The summed E-state index contributed by atoms with van der Waals surface area (Å²) in [7, 11) is 0. The van der Waals surface area contributed by atoms with E-state index in [0.717, 1.165) is 10.9 Å². The Morgan fingerprint density at radius 1 is 1.31 bits per heavy atom. The molecule has 0 saturated carbocycles. The Bertz CT molecular complexity index is 534. The van der Waals surface area contributed by atoms with Crippen molar-refractivity contribution in [3.05, 3.63) is 30.5 Å². The molecule has 0 saturated heterocycles. The van der Waals surface area contributed by atoms with Crippen molar-refractivity contribution in [2.75, 3.05) is 0 Å². The number of para-hydroxylation sites is 1. The van der Waals surface area contributed by atoms with Gasteiger partial charge in [-0.3, -0.25) is 0 Å². The second-order valence-corrected chi connectivity index (χ2v) is 4.79. The van der Waals surface area contributed by atoms with E-state index in [1.807, 2.05) is 45.0 Å². The third kappa shape index (κ3) is 1.66. The molecule has 0 atom stereocenters. The smallest absolute Gasteiger partial charge is 0.174 e. The first-order valence-electron chi connectivity index (χ1n) is 5.20. The number of benzene rings is 1. The lowest BCUT2D eigenvalue weighted by atomic mass is 9.95. The summed E-state index contributed by atoms with van der Waals surface area (Å²) in [6, 6.07) is 7.84. The van der Waals surface area contributed by atoms with Crippen molar-refractivity contribution >= 4 is 16.7 Å². The minimum atomic E-state index is -0.260. The van der Waals surface area contributed by atoms with E-state index in [1.54, 1.807) is 10.9 Å². The first-order chi connectivity index (χ1) is 7.54. The Morgan fingerprint density at radius 2 is 2.00 bits per heavy atom. The van der Waals surface area contributed by atoms with Gasteiger partial charge in [-0.25, -0.2) is 4.68 Å². The largest absolute Gasteiger partial charge is 0.409 e. The van der Waals surface area contributed by atoms with Gasteiger partial charge in [-0.1, -0.05) is 44.1 Å². The summed E-state index contributed by atoms with van der Waals surface area (Å²) < 4.78 is 1.68. The molecule has 1 aromatic carbocycles. The van der Waals surface area contributed by atoms with Crippen molar-refractivity contribution in [3.63, 3.8) is 0 Å². The Morgan fingerprint density at radius 3 is 2.62 bits per heavy atom. The van der Waals surface area contributed by atoms with Crippen LogP contribution in [-0.2, 0) is 0 Å². The van der Waals surface area contributed by atoms with E-state index in [1.165, 1.54) is 0 Å². The second-order valence-electron chi connectivity index (χ2n) is 4.79. The molecule has 2 rings (SSSR count). The first kappa shape index (κ1) is 10.7. The predicted octanol–water partition coefficient (Wildman–Crippen LogP) is 2.72. The molecule has 1 aromatic heterocycles. The Balaban J connectivity index is 2.64. The highest BCUT2D eigenvalue weighted by atomic mass is 16.4. The van der Waals surface area contributed by atoms with Gasteiger partial charge in [-0.2, -0.15) is 5.10 Å². The van der Waals surface area contributed by atoms with Crippen LogP contribution in [0.5, 0.6) is 0 Å². The van der Waals surface area contributed by atoms with E-state index < -0.39 is 0 Å². The zero-order chi connectivity index (χ0) is 11.8. The Kier molecular flexibility index (Phi) is 2.42. The number of hydrogen-bond donors (Lipinski definition) is 1. The van der Waals surface area contributed by atoms with Crippen LogP contribution in [0.15, 0.2) is 35.6 Å². The van der Waals surface area contributed by atoms with Crippen molar-refractivity contribution in [1.29, 1.82) is 0 Å². The average Bonchev–Trinajstić information content (AvgIpc) is 2.61. The quantitative estimate of drug-likeness (QED) is 0.319. The third-order valence-corrected chi connectivity index (χ3v) is 2.44. The summed E-state index contributed by atoms with van der Waals surface area (Å²) in [5.74, 6) is 0.536. The molecule has 4 heteroatoms. The van der Waals surface area contributed by atoms with Gasteiger partial charge in [0.1, 0.15) is 0 Å². The molecule has 84 valence electrons. The molecule has 0 bridgehead atoms. The zero-order valence-electron chi connectivity index (χ0n) is 9.68. The number of hydrogen-bond acceptors (Lipinski definition) is 3. The topological polar surface area (TPSA) is 50.4 Å². The Labute approximate surface area is 94.2 Å². The van der Waals surface area contributed by atoms with Crippen molar-refractivity contribution in [2.24, 2.45) is 10.6 Å². The van der Waals surface area contributed by atoms with E-state index in [4.69, 9.17) is 5.21 Å². The number of aromatic nitrogens is 2. The van der Waals surface area contributed by atoms with Crippen LogP contribution in [0.3, 0.4) is 0 Å². The van der Waals surface area contributed by atoms with Crippen molar-refractivity contribution in [3.8, 4) is 0 Å². The molecule has 1 heterocycles. The lowest BCUT2D eigenvalue weighted by molar-refractivity contribution is 0.306. The van der Waals surface area contributed by atoms with Gasteiger partial charge in [0.05, 0.1) is 11.7 Å². The van der Waals surface area contributed by atoms with Gasteiger partial charge in [-0.15, -0.1) is 0 Å². The number of rotatable bonds is 0. The standard InChI is InChI=1S/C12H15N3O/c1-12(2,3)11(14-16)15-10-7-5-4-6-9(10)8-13-15/h4-8,16H,1-3H3/b14-11+. The van der Waals surface area contributed by atoms with Crippen molar-refractivity contribution in [2.45, 2.75) is 20.8 Å². The summed E-state index contributed by atoms with van der Waals surface area (Å²) in [6.45, 7) is 5.95. The summed E-state index contributed by atoms with van der Waals surface area (Å²) >= 11 is 0. The summed E-state index contributed by atoms with van der Waals surface area (Å²) in [5.41, 5.74) is 0.689. The minimum absolute atomic E-state index is 0.260. The van der Waals surface area contributed by atoms with Gasteiger partial charge in [-0.05, 0) is 6.07 Å². The fourth-order valence-corrected chi connectivity index (χ4v) is 1.65. The molecule has 0 amide bonds. The maximum absolute atomic E-state index is 9.12. The molecular formula is C12H15N3O. The zero-order valence-corrected chi connectivity index (χ0v) is 9.68. The van der Waals surface area contributed by atoms with Crippen molar-refractivity contribution < 1.29 is 5.21 Å². The van der Waals surface area contributed by atoms with Gasteiger partial charge in [0.25, 0.3) is 0 Å². The van der Waals surface area contributed by atoms with Crippen LogP contribution in [0.25, 0.3) is 10.9 Å². The second kappa shape index (κ2) is 3.63. The van der Waals surface area contributed by atoms with Crippen LogP contribution in [0.1, 0.15) is 20.8 Å². The molecular weight excluding hydrogens is 202 g/mol. The molecule has 1 N–H and O–H groups in total. The van der Waals surface area contributed by atoms with Crippen LogP contribution in [0, 0.1) is 5.41 Å². The van der Waals surface area contributed by atoms with Crippen LogP contribution >= 0.6 is 0 Å². The summed E-state index contributed by atoms with van der Waals surface area (Å²) in [5, 5.41) is 17.8. The van der Waals surface area contributed by atoms with E-state index in [2.05, 4.69) is 10.3 Å². The highest BCUT2D eigenvalue weighted by Gasteiger charge is 2.23. The van der Waals surface area contributed by atoms with Crippen LogP contribution in [0.4, 0.5) is 0 Å². The number of oxime groups is 1. The van der Waals surface area contributed by atoms with Crippen molar-refractivity contribution in [1.82, 2.24) is 9.78 Å². The van der Waals surface area contributed by atoms with E-state index >= 15 is 0 Å². The summed E-state index contributed by atoms with van der Waals surface area (Å²) in [6.07, 6.45) is 1.77. The number of fused-ring (bicyclic) bond motifs is 1. The SMILES string of the molecule is CC(C)(C)/C(=N\O)n1ncc2ccccc21. The molecule has 0 spiro atoms. The molecule has 0 aliphatic carbocycles. The predicted molar refractivity (Wildman–Crippen MR) is 63.8 cm³/mol. The van der Waals surface area contributed by atoms with E-state index in [-0.39, 0.29) is 5.41 Å². The van der Waals surface area contributed by atoms with Gasteiger partial charge in [0.2, 0.25) is 0 Å². The maximum atomic E-state index is 9.12. The van der Waals surface area contributed by atoms with Gasteiger partial charge in [0, 0.05) is 10.8 Å². The molecule has 2 aromatic rings. The molecule has 0 radical (unpaired) electrons. The van der Waals surface area contributed by atoms with Crippen LogP contribution < -0.4 is 0 Å². The summed E-state index contributed by atoms with van der Waals surface area (Å²) in [4.78, 5) is 0. The third-order valence-electron chi connectivity index (χ3n) is 2.44. The van der Waals surface area contributed by atoms with Gasteiger partial charge in [0.15, 0.2) is 5.84 Å². The average molecular weight is 217 g/mol. The van der Waals surface area contributed by atoms with Gasteiger partial charge >= 0.3 is 0 Å². The van der Waals surface area contributed by atoms with Gasteiger partial charge < -0.3 is 5.21 Å². The first-order valence-corrected chi connectivity index (χ1v) is 5.20. The van der Waals surface area contributed by atoms with Crippen LogP contribution in [0.2, 0.25) is 0 Å². The Hall–Kier alpha value is -1.84. The molecule has 0 aliphatic rings. The lowest BCUT2D eigenvalue weighted by Crippen LogP contribution is -2.28. The molecule has 4 nitrogen and oxygen atoms in total. The monoisotopic (exact) mass is 217 g/mol. The van der Waals surface area contributed by atoms with E-state index in [0.29, 0.717) is 5.84 Å². The molecule has 0 aliphatic heterocycles. The fraction of sp³-hybridized carbons (Fsp3) is 0.333. The highest BCUT2D eigenvalue weighted by molar-refractivity contribution is 5.96. The highest BCUT2D eigenvalue weighted by Crippen LogP contribution is 2.21. The molecule has 0 unspecified atom stereocenters. The minimum Gasteiger partial charge on any atom is -0.409 e. The fourth-order valence-electron chi connectivity index (χ4n) is 1.65.